The van der Waals surface area contributed by atoms with Gasteiger partial charge in [0, 0.05) is 18.1 Å². The maximum Gasteiger partial charge on any atom is 0.271 e. The van der Waals surface area contributed by atoms with E-state index in [1.807, 2.05) is 6.07 Å². The predicted molar refractivity (Wildman–Crippen MR) is 163 cm³/mol. The zero-order chi connectivity index (χ0) is 29.6. The number of fused-ring (bicyclic) bond motifs is 3. The van der Waals surface area contributed by atoms with Crippen LogP contribution in [0.5, 0.6) is 11.5 Å². The first-order valence-electron chi connectivity index (χ1n) is 13.7. The average Bonchev–Trinajstić information content (AvgIpc) is 3.46. The van der Waals surface area contributed by atoms with Gasteiger partial charge in [-0.25, -0.2) is 4.90 Å². The van der Waals surface area contributed by atoms with Crippen molar-refractivity contribution in [2.45, 2.75) is 46.1 Å². The molecule has 0 bridgehead atoms. The number of benzene rings is 2. The molecule has 0 radical (unpaired) electrons. The van der Waals surface area contributed by atoms with E-state index in [9.17, 15) is 24.8 Å². The lowest BCUT2D eigenvalue weighted by Gasteiger charge is -2.33. The lowest BCUT2D eigenvalue weighted by molar-refractivity contribution is -0.384. The van der Waals surface area contributed by atoms with E-state index in [4.69, 9.17) is 9.47 Å². The number of hydrogen-bond acceptors (Lipinski definition) is 7. The summed E-state index contributed by atoms with van der Waals surface area (Å²) in [4.78, 5) is 39.3. The lowest BCUT2D eigenvalue weighted by atomic mass is 9.67. The fourth-order valence-electron chi connectivity index (χ4n) is 6.51. The van der Waals surface area contributed by atoms with Crippen molar-refractivity contribution < 1.29 is 29.1 Å². The van der Waals surface area contributed by atoms with E-state index in [1.54, 1.807) is 12.1 Å². The molecule has 1 N–H and O–H groups in total. The minimum atomic E-state index is -0.535. The van der Waals surface area contributed by atoms with Crippen molar-refractivity contribution in [3.8, 4) is 11.5 Å². The summed E-state index contributed by atoms with van der Waals surface area (Å²) in [7, 11) is 1.53. The Hall–Kier alpha value is -3.25. The summed E-state index contributed by atoms with van der Waals surface area (Å²) in [5, 5.41) is 21.5. The average molecular weight is 673 g/mol. The monoisotopic (exact) mass is 672 g/mol. The van der Waals surface area contributed by atoms with Crippen LogP contribution in [0.4, 0.5) is 11.4 Å². The van der Waals surface area contributed by atoms with E-state index >= 15 is 0 Å². The van der Waals surface area contributed by atoms with Crippen LogP contribution in [-0.2, 0) is 14.3 Å². The molecule has 2 aromatic rings. The molecule has 2 heterocycles. The Morgan fingerprint density at radius 2 is 2.00 bits per heavy atom. The summed E-state index contributed by atoms with van der Waals surface area (Å²) < 4.78 is 12.3. The van der Waals surface area contributed by atoms with Gasteiger partial charge in [0.25, 0.3) is 5.69 Å². The number of rotatable bonds is 8. The molecule has 216 valence electrons. The third-order valence-electron chi connectivity index (χ3n) is 8.42. The zero-order valence-electron chi connectivity index (χ0n) is 23.4. The first-order valence-corrected chi connectivity index (χ1v) is 14.8. The number of phenolic OH excluding ortho intramolecular Hbond substituents is 1. The number of halogens is 1. The molecule has 0 aromatic heterocycles. The summed E-state index contributed by atoms with van der Waals surface area (Å²) in [5.74, 6) is -1.08. The third kappa shape index (κ3) is 5.39. The largest absolute Gasteiger partial charge is 0.504 e. The van der Waals surface area contributed by atoms with Gasteiger partial charge in [-0.05, 0) is 84.0 Å². The quantitative estimate of drug-likeness (QED) is 0.115. The van der Waals surface area contributed by atoms with Crippen molar-refractivity contribution in [2.24, 2.45) is 23.7 Å². The summed E-state index contributed by atoms with van der Waals surface area (Å²) in [5.41, 5.74) is 4.49. The second kappa shape index (κ2) is 11.6. The fraction of sp³-hybridized carbons (Fsp3) is 0.419. The number of non-ortho nitro benzene ring substituents is 1. The summed E-state index contributed by atoms with van der Waals surface area (Å²) in [6.45, 7) is 6.65. The fourth-order valence-corrected chi connectivity index (χ4v) is 7.13. The number of imide groups is 1. The highest BCUT2D eigenvalue weighted by Crippen LogP contribution is 2.52. The number of amides is 2. The van der Waals surface area contributed by atoms with Crippen LogP contribution in [0.2, 0.25) is 0 Å². The molecule has 9 nitrogen and oxygen atoms in total. The summed E-state index contributed by atoms with van der Waals surface area (Å²) >= 11 is 2.08. The van der Waals surface area contributed by atoms with Crippen molar-refractivity contribution in [2.75, 3.05) is 18.6 Å². The Morgan fingerprint density at radius 3 is 2.68 bits per heavy atom. The van der Waals surface area contributed by atoms with Crippen LogP contribution >= 0.6 is 22.6 Å². The Balaban J connectivity index is 1.38. The Bertz CT molecular complexity index is 1480. The Labute approximate surface area is 252 Å². The summed E-state index contributed by atoms with van der Waals surface area (Å²) in [6, 6.07) is 9.42. The molecule has 2 fully saturated rings. The highest BCUT2D eigenvalue weighted by molar-refractivity contribution is 14.1. The minimum absolute atomic E-state index is 0.126. The lowest BCUT2D eigenvalue weighted by Crippen LogP contribution is -2.35. The molecule has 0 spiro atoms. The van der Waals surface area contributed by atoms with Gasteiger partial charge in [0.05, 0.1) is 45.8 Å². The number of carbonyl (C=O) groups is 2. The number of nitro benzene ring substituents is 1. The topological polar surface area (TPSA) is 119 Å². The number of nitrogens with zero attached hydrogens (tertiary/aromatic N) is 2. The van der Waals surface area contributed by atoms with Gasteiger partial charge in [-0.1, -0.05) is 37.1 Å². The van der Waals surface area contributed by atoms with E-state index in [0.29, 0.717) is 22.3 Å². The molecule has 2 aliphatic heterocycles. The van der Waals surface area contributed by atoms with Crippen molar-refractivity contribution in [1.82, 2.24) is 0 Å². The molecule has 3 aliphatic rings. The highest BCUT2D eigenvalue weighted by atomic mass is 127. The van der Waals surface area contributed by atoms with Crippen molar-refractivity contribution >= 4 is 51.9 Å². The number of methoxy groups -OCH3 is 1. The molecule has 2 aromatic carbocycles. The van der Waals surface area contributed by atoms with Gasteiger partial charge in [-0.2, -0.15) is 0 Å². The SMILES string of the molecule is COc1cc(/C=C(\C)CC[C@H]2OC[C@H]3C2=C(C(C)C)C[C@H]2C(=O)N(c4cccc([N+](=O)[O-])c4)C(=O)[C@H]23)cc(I)c1O. The zero-order valence-corrected chi connectivity index (χ0v) is 25.6. The van der Waals surface area contributed by atoms with Gasteiger partial charge in [0.2, 0.25) is 11.8 Å². The number of carbonyl (C=O) groups excluding carboxylic acids is 2. The van der Waals surface area contributed by atoms with Crippen LogP contribution in [0.1, 0.15) is 45.6 Å². The maximum atomic E-state index is 13.7. The molecule has 0 saturated carbocycles. The minimum Gasteiger partial charge on any atom is -0.504 e. The number of hydrogen-bond donors (Lipinski definition) is 1. The summed E-state index contributed by atoms with van der Waals surface area (Å²) in [6.07, 6.45) is 3.93. The number of phenols is 1. The highest BCUT2D eigenvalue weighted by Gasteiger charge is 2.57. The molecule has 2 saturated heterocycles. The van der Waals surface area contributed by atoms with Gasteiger partial charge in [-0.3, -0.25) is 19.7 Å². The maximum absolute atomic E-state index is 13.7. The molecule has 1 aliphatic carbocycles. The normalized spacial score (nSPS) is 24.2. The molecule has 10 heteroatoms. The first-order chi connectivity index (χ1) is 19.5. The van der Waals surface area contributed by atoms with Crippen LogP contribution in [-0.4, -0.2) is 41.7 Å². The Kier molecular flexibility index (Phi) is 8.24. The molecule has 4 atom stereocenters. The van der Waals surface area contributed by atoms with E-state index in [0.717, 1.165) is 34.5 Å². The van der Waals surface area contributed by atoms with Gasteiger partial charge >= 0.3 is 0 Å². The van der Waals surface area contributed by atoms with E-state index in [-0.39, 0.29) is 46.9 Å². The van der Waals surface area contributed by atoms with Gasteiger partial charge in [0.15, 0.2) is 11.5 Å². The first kappa shape index (κ1) is 29.2. The van der Waals surface area contributed by atoms with E-state index in [1.165, 1.54) is 30.9 Å². The smallest absolute Gasteiger partial charge is 0.271 e. The third-order valence-corrected chi connectivity index (χ3v) is 9.25. The van der Waals surface area contributed by atoms with Crippen molar-refractivity contribution in [1.29, 1.82) is 0 Å². The van der Waals surface area contributed by atoms with Crippen molar-refractivity contribution in [3.63, 3.8) is 0 Å². The number of nitro groups is 1. The van der Waals surface area contributed by atoms with Crippen molar-refractivity contribution in [3.05, 3.63) is 72.4 Å². The number of ether oxygens (including phenoxy) is 2. The molecular formula is C31H33IN2O7. The van der Waals surface area contributed by atoms with Gasteiger partial charge in [0.1, 0.15) is 0 Å². The molecule has 5 rings (SSSR count). The van der Waals surface area contributed by atoms with Crippen LogP contribution in [0, 0.1) is 37.4 Å². The molecule has 0 unspecified atom stereocenters. The second-order valence-corrected chi connectivity index (χ2v) is 12.4. The van der Waals surface area contributed by atoms with Gasteiger partial charge < -0.3 is 14.6 Å². The second-order valence-electron chi connectivity index (χ2n) is 11.3. The van der Waals surface area contributed by atoms with Crippen LogP contribution in [0.3, 0.4) is 0 Å². The standard InChI is InChI=1S/C31H33IN2O7/c1-16(2)21-14-22-28(31(37)33(30(22)36)19-6-5-7-20(13-19)34(38)39)23-15-41-25(27(21)23)9-8-17(3)10-18-11-24(32)29(35)26(12-18)40-4/h5-7,10-13,16,22-23,25,28,35H,8-9,14-15H2,1-4H3/b17-10+/t22-,23+,25-,28-/m1/s1. The molecule has 2 amide bonds. The molecule has 41 heavy (non-hydrogen) atoms. The van der Waals surface area contributed by atoms with E-state index in [2.05, 4.69) is 49.4 Å². The predicted octanol–water partition coefficient (Wildman–Crippen LogP) is 6.27. The molecular weight excluding hydrogens is 639 g/mol. The number of anilines is 1. The van der Waals surface area contributed by atoms with Crippen LogP contribution < -0.4 is 9.64 Å². The number of allylic oxidation sites excluding steroid dienone is 2. The van der Waals surface area contributed by atoms with E-state index < -0.39 is 16.8 Å². The van der Waals surface area contributed by atoms with Gasteiger partial charge in [-0.15, -0.1) is 0 Å². The Morgan fingerprint density at radius 1 is 1.24 bits per heavy atom. The van der Waals surface area contributed by atoms with Crippen LogP contribution in [0.15, 0.2) is 53.1 Å². The number of aromatic hydroxyl groups is 1. The van der Waals surface area contributed by atoms with Crippen LogP contribution in [0.25, 0.3) is 6.08 Å².